The number of aliphatic carboxylic acids is 1. The molecule has 1 fully saturated rings. The van der Waals surface area contributed by atoms with Crippen molar-refractivity contribution in [2.45, 2.75) is 109 Å². The van der Waals surface area contributed by atoms with Crippen molar-refractivity contribution in [1.29, 1.82) is 0 Å². The zero-order chi connectivity index (χ0) is 18.7. The fourth-order valence-corrected chi connectivity index (χ4v) is 4.11. The van der Waals surface area contributed by atoms with Crippen LogP contribution in [0, 0.1) is 11.8 Å². The number of unbranched alkanes of at least 4 members (excludes halogenated alkanes) is 3. The quantitative estimate of drug-likeness (QED) is 0.307. The Morgan fingerprint density at radius 2 is 1.64 bits per heavy atom. The van der Waals surface area contributed by atoms with Crippen LogP contribution in [0.4, 0.5) is 4.39 Å². The molecule has 148 valence electrons. The van der Waals surface area contributed by atoms with Gasteiger partial charge in [0, 0.05) is 6.42 Å². The average molecular weight is 361 g/mol. The Morgan fingerprint density at radius 1 is 1.04 bits per heavy atom. The van der Waals surface area contributed by atoms with Crippen LogP contribution in [0.1, 0.15) is 96.8 Å². The van der Waals surface area contributed by atoms with Crippen molar-refractivity contribution in [1.82, 2.24) is 0 Å². The summed E-state index contributed by atoms with van der Waals surface area (Å²) < 4.78 is 13.7. The second-order valence-corrected chi connectivity index (χ2v) is 7.84. The molecule has 25 heavy (non-hydrogen) atoms. The Balaban J connectivity index is 2.13. The van der Waals surface area contributed by atoms with Crippen LogP contribution in [0.25, 0.3) is 0 Å². The second-order valence-electron chi connectivity index (χ2n) is 7.84. The van der Waals surface area contributed by atoms with Gasteiger partial charge in [-0.05, 0) is 31.1 Å². The van der Waals surface area contributed by atoms with Crippen LogP contribution >= 0.6 is 0 Å². The molecular weight excluding hydrogens is 323 g/mol. The molecule has 0 spiro atoms. The summed E-state index contributed by atoms with van der Waals surface area (Å²) >= 11 is 0. The lowest BCUT2D eigenvalue weighted by molar-refractivity contribution is -0.205. The van der Waals surface area contributed by atoms with E-state index in [0.29, 0.717) is 31.1 Å². The third kappa shape index (κ3) is 9.00. The molecule has 0 aromatic rings. The highest BCUT2D eigenvalue weighted by molar-refractivity contribution is 5.74. The van der Waals surface area contributed by atoms with E-state index in [2.05, 4.69) is 6.92 Å². The first-order valence-electron chi connectivity index (χ1n) is 10.2. The molecule has 1 unspecified atom stereocenters. The second kappa shape index (κ2) is 11.8. The smallest absolute Gasteiger partial charge is 0.364 e. The fourth-order valence-electron chi connectivity index (χ4n) is 4.11. The number of carbonyl (C=O) groups is 1. The molecule has 0 aliphatic heterocycles. The lowest BCUT2D eigenvalue weighted by Crippen LogP contribution is -2.37. The van der Waals surface area contributed by atoms with E-state index in [1.807, 2.05) is 0 Å². The Bertz CT molecular complexity index is 373. The lowest BCUT2D eigenvalue weighted by Gasteiger charge is -2.20. The number of aliphatic hydroxyl groups is 2. The molecule has 0 heterocycles. The molecule has 4 nitrogen and oxygen atoms in total. The first-order valence-corrected chi connectivity index (χ1v) is 10.2. The molecule has 0 amide bonds. The molecule has 3 atom stereocenters. The van der Waals surface area contributed by atoms with Crippen LogP contribution in [0.2, 0.25) is 0 Å². The van der Waals surface area contributed by atoms with Crippen molar-refractivity contribution < 1.29 is 24.5 Å². The number of carboxylic acid groups (broad SMARTS) is 1. The highest BCUT2D eigenvalue weighted by Crippen LogP contribution is 2.38. The van der Waals surface area contributed by atoms with Crippen molar-refractivity contribution in [3.8, 4) is 0 Å². The van der Waals surface area contributed by atoms with Gasteiger partial charge in [-0.25, -0.2) is 9.18 Å². The maximum absolute atomic E-state index is 13.7. The number of halogens is 1. The minimum absolute atomic E-state index is 0.119. The van der Waals surface area contributed by atoms with Crippen LogP contribution in [0.3, 0.4) is 0 Å². The van der Waals surface area contributed by atoms with Gasteiger partial charge in [0.25, 0.3) is 5.79 Å². The number of rotatable bonds is 14. The molecule has 0 saturated heterocycles. The van der Waals surface area contributed by atoms with Gasteiger partial charge >= 0.3 is 5.97 Å². The molecule has 0 radical (unpaired) electrons. The summed E-state index contributed by atoms with van der Waals surface area (Å²) in [5.74, 6) is -2.74. The topological polar surface area (TPSA) is 77.8 Å². The minimum Gasteiger partial charge on any atom is -0.477 e. The van der Waals surface area contributed by atoms with Crippen molar-refractivity contribution in [3.63, 3.8) is 0 Å². The molecule has 0 aromatic heterocycles. The van der Waals surface area contributed by atoms with E-state index in [0.717, 1.165) is 44.9 Å². The summed E-state index contributed by atoms with van der Waals surface area (Å²) in [5, 5.41) is 27.2. The lowest BCUT2D eigenvalue weighted by atomic mass is 9.86. The molecule has 1 aliphatic rings. The zero-order valence-electron chi connectivity index (χ0n) is 15.8. The van der Waals surface area contributed by atoms with Crippen LogP contribution in [-0.4, -0.2) is 33.2 Å². The largest absolute Gasteiger partial charge is 0.477 e. The van der Waals surface area contributed by atoms with Crippen molar-refractivity contribution in [3.05, 3.63) is 0 Å². The summed E-state index contributed by atoms with van der Waals surface area (Å²) in [5.41, 5.74) is 0. The molecule has 0 aromatic carbocycles. The van der Waals surface area contributed by atoms with Crippen LogP contribution in [-0.2, 0) is 4.79 Å². The number of hydrogen-bond acceptors (Lipinski definition) is 3. The van der Waals surface area contributed by atoms with Crippen LogP contribution in [0.15, 0.2) is 0 Å². The standard InChI is InChI=1S/C20H37FO4/c1-2-3-13-18(21)14-8-12-17-11-7-10-16(17)9-5-4-6-15-20(24,25)19(22)23/h16-18,24-25H,2-15H2,1H3,(H,22,23)/t16-,17+,18?/m0/s1. The van der Waals surface area contributed by atoms with Gasteiger partial charge < -0.3 is 15.3 Å². The molecule has 5 heteroatoms. The van der Waals surface area contributed by atoms with Crippen LogP contribution < -0.4 is 0 Å². The molecular formula is C20H37FO4. The van der Waals surface area contributed by atoms with Gasteiger partial charge in [0.1, 0.15) is 6.17 Å². The van der Waals surface area contributed by atoms with E-state index in [1.54, 1.807) is 0 Å². The van der Waals surface area contributed by atoms with Gasteiger partial charge in [-0.2, -0.15) is 0 Å². The van der Waals surface area contributed by atoms with Gasteiger partial charge in [-0.1, -0.05) is 71.1 Å². The van der Waals surface area contributed by atoms with E-state index >= 15 is 0 Å². The maximum Gasteiger partial charge on any atom is 0.364 e. The highest BCUT2D eigenvalue weighted by Gasteiger charge is 2.32. The van der Waals surface area contributed by atoms with E-state index < -0.39 is 17.9 Å². The predicted molar refractivity (Wildman–Crippen MR) is 97.0 cm³/mol. The molecule has 0 bridgehead atoms. The normalized spacial score (nSPS) is 22.2. The highest BCUT2D eigenvalue weighted by atomic mass is 19.1. The minimum atomic E-state index is -2.59. The maximum atomic E-state index is 13.7. The molecule has 1 rings (SSSR count). The van der Waals surface area contributed by atoms with Crippen LogP contribution in [0.5, 0.6) is 0 Å². The number of hydrogen-bond donors (Lipinski definition) is 3. The summed E-state index contributed by atoms with van der Waals surface area (Å²) in [6, 6.07) is 0. The van der Waals surface area contributed by atoms with Gasteiger partial charge in [0.05, 0.1) is 0 Å². The first kappa shape index (κ1) is 22.4. The fraction of sp³-hybridized carbons (Fsp3) is 0.950. The Kier molecular flexibility index (Phi) is 10.6. The monoisotopic (exact) mass is 360 g/mol. The predicted octanol–water partition coefficient (Wildman–Crippen LogP) is 4.82. The Morgan fingerprint density at radius 3 is 2.24 bits per heavy atom. The number of carboxylic acids is 1. The van der Waals surface area contributed by atoms with E-state index in [9.17, 15) is 19.4 Å². The Hall–Kier alpha value is -0.680. The number of alkyl halides is 1. The molecule has 3 N–H and O–H groups in total. The van der Waals surface area contributed by atoms with Gasteiger partial charge in [-0.15, -0.1) is 0 Å². The van der Waals surface area contributed by atoms with E-state index in [1.165, 1.54) is 19.3 Å². The molecule has 1 saturated carbocycles. The van der Waals surface area contributed by atoms with Crippen molar-refractivity contribution >= 4 is 5.97 Å². The average Bonchev–Trinajstić information content (AvgIpc) is 2.99. The third-order valence-electron chi connectivity index (χ3n) is 5.72. The Labute approximate surface area is 151 Å². The summed E-state index contributed by atoms with van der Waals surface area (Å²) in [6.45, 7) is 2.10. The van der Waals surface area contributed by atoms with Gasteiger partial charge in [0.2, 0.25) is 0 Å². The van der Waals surface area contributed by atoms with Crippen molar-refractivity contribution in [2.24, 2.45) is 11.8 Å². The van der Waals surface area contributed by atoms with Gasteiger partial charge in [0.15, 0.2) is 0 Å². The molecule has 1 aliphatic carbocycles. The summed E-state index contributed by atoms with van der Waals surface area (Å²) in [7, 11) is 0. The third-order valence-corrected chi connectivity index (χ3v) is 5.72. The van der Waals surface area contributed by atoms with Crippen molar-refractivity contribution in [2.75, 3.05) is 0 Å². The zero-order valence-corrected chi connectivity index (χ0v) is 15.8. The van der Waals surface area contributed by atoms with E-state index in [-0.39, 0.29) is 6.42 Å². The summed E-state index contributed by atoms with van der Waals surface area (Å²) in [4.78, 5) is 10.6. The van der Waals surface area contributed by atoms with Gasteiger partial charge in [-0.3, -0.25) is 0 Å². The first-order chi connectivity index (χ1) is 11.9. The van der Waals surface area contributed by atoms with E-state index in [4.69, 9.17) is 5.11 Å². The summed E-state index contributed by atoms with van der Waals surface area (Å²) in [6.07, 6.45) is 12.0. The SMILES string of the molecule is CCCCC(F)CCC[C@H]1CCC[C@@H]1CCCCCC(O)(O)C(=O)O.